The molecule has 2 nitrogen and oxygen atoms in total. The minimum Gasteiger partial charge on any atom is -0.307 e. The summed E-state index contributed by atoms with van der Waals surface area (Å²) in [5.74, 6) is 0.108. The van der Waals surface area contributed by atoms with Crippen LogP contribution in [0.5, 0.6) is 0 Å². The lowest BCUT2D eigenvalue weighted by atomic mass is 9.65. The SMILES string of the molecule is CC(=O)N1c2cc(C)ccc2C(C)(c2ccccc2)CC1(C)C. The number of carbonyl (C=O) groups is 1. The van der Waals surface area contributed by atoms with E-state index in [1.165, 1.54) is 16.7 Å². The number of aryl methyl sites for hydroxylation is 1. The molecule has 120 valence electrons. The molecule has 1 atom stereocenters. The molecule has 0 aromatic heterocycles. The highest BCUT2D eigenvalue weighted by molar-refractivity contribution is 5.95. The summed E-state index contributed by atoms with van der Waals surface area (Å²) in [5.41, 5.74) is 4.46. The number of benzene rings is 2. The first kappa shape index (κ1) is 15.8. The van der Waals surface area contributed by atoms with E-state index in [4.69, 9.17) is 0 Å². The third kappa shape index (κ3) is 2.46. The molecular formula is C21H25NO. The molecule has 0 aliphatic carbocycles. The van der Waals surface area contributed by atoms with Crippen LogP contribution in [0.15, 0.2) is 48.5 Å². The van der Waals surface area contributed by atoms with Gasteiger partial charge in [-0.1, -0.05) is 49.4 Å². The van der Waals surface area contributed by atoms with Crippen molar-refractivity contribution < 1.29 is 4.79 Å². The summed E-state index contributed by atoms with van der Waals surface area (Å²) in [6.07, 6.45) is 0.902. The average molecular weight is 307 g/mol. The van der Waals surface area contributed by atoms with Gasteiger partial charge in [0.05, 0.1) is 0 Å². The zero-order valence-electron chi connectivity index (χ0n) is 14.7. The highest BCUT2D eigenvalue weighted by atomic mass is 16.2. The van der Waals surface area contributed by atoms with E-state index in [0.29, 0.717) is 0 Å². The molecule has 2 aromatic rings. The second-order valence-corrected chi connectivity index (χ2v) is 7.56. The van der Waals surface area contributed by atoms with Gasteiger partial charge in [0, 0.05) is 23.6 Å². The van der Waals surface area contributed by atoms with E-state index in [2.05, 4.69) is 76.2 Å². The van der Waals surface area contributed by atoms with Gasteiger partial charge in [-0.15, -0.1) is 0 Å². The average Bonchev–Trinajstić information content (AvgIpc) is 2.46. The Bertz CT molecular complexity index is 748. The van der Waals surface area contributed by atoms with E-state index in [-0.39, 0.29) is 16.9 Å². The van der Waals surface area contributed by atoms with Crippen LogP contribution in [0.25, 0.3) is 0 Å². The lowest BCUT2D eigenvalue weighted by molar-refractivity contribution is -0.117. The number of hydrogen-bond donors (Lipinski definition) is 0. The van der Waals surface area contributed by atoms with Gasteiger partial charge in [0.15, 0.2) is 0 Å². The molecule has 0 spiro atoms. The quantitative estimate of drug-likeness (QED) is 0.738. The molecule has 0 N–H and O–H groups in total. The van der Waals surface area contributed by atoms with Crippen molar-refractivity contribution in [1.29, 1.82) is 0 Å². The van der Waals surface area contributed by atoms with E-state index < -0.39 is 0 Å². The maximum absolute atomic E-state index is 12.4. The molecular weight excluding hydrogens is 282 g/mol. The molecule has 1 amide bonds. The number of hydrogen-bond acceptors (Lipinski definition) is 1. The monoisotopic (exact) mass is 307 g/mol. The summed E-state index contributed by atoms with van der Waals surface area (Å²) in [5, 5.41) is 0. The van der Waals surface area contributed by atoms with Crippen molar-refractivity contribution in [2.75, 3.05) is 4.90 Å². The fourth-order valence-corrected chi connectivity index (χ4v) is 4.32. The van der Waals surface area contributed by atoms with Gasteiger partial charge in [-0.2, -0.15) is 0 Å². The van der Waals surface area contributed by atoms with Crippen LogP contribution in [0.2, 0.25) is 0 Å². The Balaban J connectivity index is 2.30. The first-order chi connectivity index (χ1) is 10.8. The van der Waals surface area contributed by atoms with Gasteiger partial charge in [-0.3, -0.25) is 4.79 Å². The standard InChI is InChI=1S/C21H25NO/c1-15-11-12-18-19(13-15)22(16(2)23)20(3,4)14-21(18,5)17-9-7-6-8-10-17/h6-13H,14H2,1-5H3. The van der Waals surface area contributed by atoms with Crippen molar-refractivity contribution in [2.24, 2.45) is 0 Å². The van der Waals surface area contributed by atoms with Gasteiger partial charge in [0.2, 0.25) is 5.91 Å². The molecule has 0 bridgehead atoms. The predicted molar refractivity (Wildman–Crippen MR) is 95.9 cm³/mol. The molecule has 2 aromatic carbocycles. The van der Waals surface area contributed by atoms with Gasteiger partial charge >= 0.3 is 0 Å². The number of rotatable bonds is 1. The minimum absolute atomic E-state index is 0.0975. The predicted octanol–water partition coefficient (Wildman–Crippen LogP) is 4.84. The molecule has 1 aliphatic heterocycles. The third-order valence-corrected chi connectivity index (χ3v) is 5.11. The maximum atomic E-state index is 12.4. The van der Waals surface area contributed by atoms with Crippen LogP contribution < -0.4 is 4.90 Å². The molecule has 1 unspecified atom stereocenters. The highest BCUT2D eigenvalue weighted by Gasteiger charge is 2.46. The van der Waals surface area contributed by atoms with Crippen molar-refractivity contribution in [2.45, 2.75) is 52.0 Å². The Kier molecular flexibility index (Phi) is 3.59. The Morgan fingerprint density at radius 1 is 1.04 bits per heavy atom. The zero-order chi connectivity index (χ0) is 16.8. The molecule has 1 heterocycles. The van der Waals surface area contributed by atoms with Crippen LogP contribution >= 0.6 is 0 Å². The summed E-state index contributed by atoms with van der Waals surface area (Å²) in [7, 11) is 0. The first-order valence-corrected chi connectivity index (χ1v) is 8.23. The van der Waals surface area contributed by atoms with Crippen LogP contribution in [0.4, 0.5) is 5.69 Å². The summed E-state index contributed by atoms with van der Waals surface area (Å²) in [6, 6.07) is 17.1. The fraction of sp³-hybridized carbons (Fsp3) is 0.381. The van der Waals surface area contributed by atoms with Crippen LogP contribution in [0.1, 0.15) is 50.8 Å². The largest absolute Gasteiger partial charge is 0.307 e. The Morgan fingerprint density at radius 2 is 1.70 bits per heavy atom. The van der Waals surface area contributed by atoms with Crippen molar-refractivity contribution >= 4 is 11.6 Å². The third-order valence-electron chi connectivity index (χ3n) is 5.11. The maximum Gasteiger partial charge on any atom is 0.224 e. The van der Waals surface area contributed by atoms with E-state index in [1.807, 2.05) is 4.90 Å². The number of fused-ring (bicyclic) bond motifs is 1. The van der Waals surface area contributed by atoms with E-state index >= 15 is 0 Å². The van der Waals surface area contributed by atoms with Crippen molar-refractivity contribution in [3.8, 4) is 0 Å². The van der Waals surface area contributed by atoms with Crippen molar-refractivity contribution in [3.05, 3.63) is 65.2 Å². The molecule has 2 heteroatoms. The molecule has 0 saturated heterocycles. The normalized spacial score (nSPS) is 22.6. The number of carbonyl (C=O) groups excluding carboxylic acids is 1. The second-order valence-electron chi connectivity index (χ2n) is 7.56. The lowest BCUT2D eigenvalue weighted by Gasteiger charge is -2.51. The summed E-state index contributed by atoms with van der Waals surface area (Å²) in [4.78, 5) is 14.3. The topological polar surface area (TPSA) is 20.3 Å². The van der Waals surface area contributed by atoms with Gasteiger partial charge in [-0.05, 0) is 49.9 Å². The lowest BCUT2D eigenvalue weighted by Crippen LogP contribution is -2.55. The molecule has 0 radical (unpaired) electrons. The number of nitrogens with zero attached hydrogens (tertiary/aromatic N) is 1. The first-order valence-electron chi connectivity index (χ1n) is 8.23. The van der Waals surface area contributed by atoms with E-state index in [0.717, 1.165) is 12.1 Å². The van der Waals surface area contributed by atoms with Crippen LogP contribution in [-0.2, 0) is 10.2 Å². The Labute approximate surface area is 139 Å². The zero-order valence-corrected chi connectivity index (χ0v) is 14.7. The van der Waals surface area contributed by atoms with Gasteiger partial charge < -0.3 is 4.90 Å². The summed E-state index contributed by atoms with van der Waals surface area (Å²) < 4.78 is 0. The molecule has 3 rings (SSSR count). The Hall–Kier alpha value is -2.09. The van der Waals surface area contributed by atoms with Crippen LogP contribution in [0, 0.1) is 6.92 Å². The summed E-state index contributed by atoms with van der Waals surface area (Å²) in [6.45, 7) is 10.4. The second kappa shape index (κ2) is 5.23. The van der Waals surface area contributed by atoms with Gasteiger partial charge in [0.1, 0.15) is 0 Å². The number of anilines is 1. The van der Waals surface area contributed by atoms with E-state index in [1.54, 1.807) is 6.92 Å². The van der Waals surface area contributed by atoms with Crippen molar-refractivity contribution in [1.82, 2.24) is 0 Å². The van der Waals surface area contributed by atoms with Gasteiger partial charge in [-0.25, -0.2) is 0 Å². The molecule has 23 heavy (non-hydrogen) atoms. The highest BCUT2D eigenvalue weighted by Crippen LogP contribution is 2.50. The minimum atomic E-state index is -0.225. The van der Waals surface area contributed by atoms with Crippen LogP contribution in [0.3, 0.4) is 0 Å². The molecule has 0 saturated carbocycles. The van der Waals surface area contributed by atoms with Gasteiger partial charge in [0.25, 0.3) is 0 Å². The summed E-state index contributed by atoms with van der Waals surface area (Å²) >= 11 is 0. The number of amides is 1. The molecule has 1 aliphatic rings. The van der Waals surface area contributed by atoms with Crippen molar-refractivity contribution in [3.63, 3.8) is 0 Å². The van der Waals surface area contributed by atoms with Crippen LogP contribution in [-0.4, -0.2) is 11.4 Å². The van der Waals surface area contributed by atoms with E-state index in [9.17, 15) is 4.79 Å². The fourth-order valence-electron chi connectivity index (χ4n) is 4.32. The smallest absolute Gasteiger partial charge is 0.224 e. The molecule has 0 fully saturated rings. The Morgan fingerprint density at radius 3 is 2.30 bits per heavy atom.